The van der Waals surface area contributed by atoms with Crippen LogP contribution in [0.4, 0.5) is 5.82 Å². The summed E-state index contributed by atoms with van der Waals surface area (Å²) in [7, 11) is 0. The summed E-state index contributed by atoms with van der Waals surface area (Å²) in [4.78, 5) is 4.14. The number of rotatable bonds is 0. The number of nitrogen functional groups attached to an aromatic ring is 1. The van der Waals surface area contributed by atoms with Gasteiger partial charge in [0.25, 0.3) is 0 Å². The van der Waals surface area contributed by atoms with E-state index in [1.54, 1.807) is 6.20 Å². The molecule has 0 aromatic carbocycles. The fraction of sp³-hybridized carbons (Fsp3) is 0.125. The second-order valence-electron chi connectivity index (χ2n) is 2.64. The predicted octanol–water partition coefficient (Wildman–Crippen LogP) is 1.99. The molecule has 2 rings (SSSR count). The van der Waals surface area contributed by atoms with Crippen molar-refractivity contribution in [2.75, 3.05) is 5.73 Å². The maximum Gasteiger partial charge on any atom is 0.138 e. The first-order chi connectivity index (χ1) is 5.70. The zero-order chi connectivity index (χ0) is 8.72. The second kappa shape index (κ2) is 2.48. The van der Waals surface area contributed by atoms with Gasteiger partial charge in [-0.15, -0.1) is 0 Å². The Morgan fingerprint density at radius 1 is 1.50 bits per heavy atom. The molecule has 3 nitrogen and oxygen atoms in total. The van der Waals surface area contributed by atoms with Gasteiger partial charge in [-0.2, -0.15) is 0 Å². The van der Waals surface area contributed by atoms with Crippen molar-refractivity contribution in [2.45, 2.75) is 6.92 Å². The zero-order valence-electron chi connectivity index (χ0n) is 6.58. The summed E-state index contributed by atoms with van der Waals surface area (Å²) in [5, 5.41) is 0. The molecule has 12 heavy (non-hydrogen) atoms. The van der Waals surface area contributed by atoms with Crippen LogP contribution in [0.15, 0.2) is 22.8 Å². The van der Waals surface area contributed by atoms with Gasteiger partial charge in [-0.1, -0.05) is 0 Å². The Kier molecular flexibility index (Phi) is 1.58. The first kappa shape index (κ1) is 7.61. The Hall–Kier alpha value is -1.03. The van der Waals surface area contributed by atoms with Gasteiger partial charge in [-0.3, -0.25) is 4.40 Å². The van der Waals surface area contributed by atoms with Crippen LogP contribution in [0, 0.1) is 6.92 Å². The van der Waals surface area contributed by atoms with Crippen LogP contribution in [0.5, 0.6) is 0 Å². The summed E-state index contributed by atoms with van der Waals surface area (Å²) < 4.78 is 2.95. The number of pyridine rings is 1. The molecule has 2 heterocycles. The van der Waals surface area contributed by atoms with Crippen LogP contribution < -0.4 is 5.73 Å². The molecule has 0 unspecified atom stereocenters. The van der Waals surface area contributed by atoms with Gasteiger partial charge < -0.3 is 5.73 Å². The van der Waals surface area contributed by atoms with Crippen LogP contribution in [0.25, 0.3) is 5.65 Å². The van der Waals surface area contributed by atoms with Gasteiger partial charge in [0.15, 0.2) is 0 Å². The standard InChI is InChI=1S/C8H8BrN3/c1-5-6(9)2-3-8-11-4-7(10)12(5)8/h2-4H,10H2,1H3. The van der Waals surface area contributed by atoms with Gasteiger partial charge >= 0.3 is 0 Å². The molecule has 0 bridgehead atoms. The number of imidazole rings is 1. The summed E-state index contributed by atoms with van der Waals surface area (Å²) >= 11 is 3.43. The normalized spacial score (nSPS) is 10.8. The fourth-order valence-corrected chi connectivity index (χ4v) is 1.55. The average molecular weight is 226 g/mol. The SMILES string of the molecule is Cc1c(Br)ccc2ncc(N)n12. The molecule has 0 amide bonds. The summed E-state index contributed by atoms with van der Waals surface area (Å²) in [6.07, 6.45) is 1.66. The fourth-order valence-electron chi connectivity index (χ4n) is 1.24. The van der Waals surface area contributed by atoms with Crippen molar-refractivity contribution < 1.29 is 0 Å². The lowest BCUT2D eigenvalue weighted by atomic mass is 10.4. The van der Waals surface area contributed by atoms with Crippen molar-refractivity contribution in [2.24, 2.45) is 0 Å². The quantitative estimate of drug-likeness (QED) is 0.746. The monoisotopic (exact) mass is 225 g/mol. The molecule has 2 aromatic heterocycles. The summed E-state index contributed by atoms with van der Waals surface area (Å²) in [6.45, 7) is 2.00. The van der Waals surface area contributed by atoms with Gasteiger partial charge in [0.2, 0.25) is 0 Å². The Labute approximate surface area is 78.3 Å². The van der Waals surface area contributed by atoms with E-state index in [4.69, 9.17) is 5.73 Å². The highest BCUT2D eigenvalue weighted by molar-refractivity contribution is 9.10. The van der Waals surface area contributed by atoms with Gasteiger partial charge in [0.1, 0.15) is 11.5 Å². The lowest BCUT2D eigenvalue weighted by molar-refractivity contribution is 1.09. The molecule has 0 saturated carbocycles. The summed E-state index contributed by atoms with van der Waals surface area (Å²) in [6, 6.07) is 3.89. The van der Waals surface area contributed by atoms with Gasteiger partial charge in [0.05, 0.1) is 6.20 Å². The molecule has 0 fully saturated rings. The minimum atomic E-state index is 0.670. The lowest BCUT2D eigenvalue weighted by Crippen LogP contribution is -1.96. The highest BCUT2D eigenvalue weighted by atomic mass is 79.9. The van der Waals surface area contributed by atoms with E-state index in [9.17, 15) is 0 Å². The van der Waals surface area contributed by atoms with Crippen molar-refractivity contribution in [3.05, 3.63) is 28.5 Å². The lowest BCUT2D eigenvalue weighted by Gasteiger charge is -2.03. The van der Waals surface area contributed by atoms with E-state index in [-0.39, 0.29) is 0 Å². The largest absolute Gasteiger partial charge is 0.383 e. The van der Waals surface area contributed by atoms with Crippen LogP contribution in [-0.2, 0) is 0 Å². The van der Waals surface area contributed by atoms with Crippen LogP contribution >= 0.6 is 15.9 Å². The average Bonchev–Trinajstić information content (AvgIpc) is 2.41. The summed E-state index contributed by atoms with van der Waals surface area (Å²) in [5.74, 6) is 0.670. The van der Waals surface area contributed by atoms with E-state index < -0.39 is 0 Å². The molecule has 0 saturated heterocycles. The third-order valence-corrected chi connectivity index (χ3v) is 2.71. The number of halogens is 1. The van der Waals surface area contributed by atoms with Gasteiger partial charge in [-0.25, -0.2) is 4.98 Å². The van der Waals surface area contributed by atoms with Crippen molar-refractivity contribution >= 4 is 27.4 Å². The van der Waals surface area contributed by atoms with E-state index in [2.05, 4.69) is 20.9 Å². The molecule has 0 aliphatic heterocycles. The molecule has 62 valence electrons. The van der Waals surface area contributed by atoms with E-state index in [0.717, 1.165) is 15.8 Å². The van der Waals surface area contributed by atoms with Crippen molar-refractivity contribution in [3.63, 3.8) is 0 Å². The highest BCUT2D eigenvalue weighted by Gasteiger charge is 2.03. The highest BCUT2D eigenvalue weighted by Crippen LogP contribution is 2.19. The molecular formula is C8H8BrN3. The first-order valence-corrected chi connectivity index (χ1v) is 4.37. The zero-order valence-corrected chi connectivity index (χ0v) is 8.17. The van der Waals surface area contributed by atoms with Gasteiger partial charge in [0, 0.05) is 10.2 Å². The molecule has 2 N–H and O–H groups in total. The number of anilines is 1. The first-order valence-electron chi connectivity index (χ1n) is 3.58. The molecule has 4 heteroatoms. The predicted molar refractivity (Wildman–Crippen MR) is 52.0 cm³/mol. The minimum Gasteiger partial charge on any atom is -0.383 e. The van der Waals surface area contributed by atoms with Crippen molar-refractivity contribution in [1.29, 1.82) is 0 Å². The van der Waals surface area contributed by atoms with Crippen LogP contribution in [0.3, 0.4) is 0 Å². The topological polar surface area (TPSA) is 43.3 Å². The molecule has 2 aromatic rings. The summed E-state index contributed by atoms with van der Waals surface area (Å²) in [5.41, 5.74) is 7.68. The van der Waals surface area contributed by atoms with E-state index in [1.165, 1.54) is 0 Å². The number of aromatic nitrogens is 2. The number of nitrogens with two attached hydrogens (primary N) is 1. The number of nitrogens with zero attached hydrogens (tertiary/aromatic N) is 2. The van der Waals surface area contributed by atoms with Crippen molar-refractivity contribution in [1.82, 2.24) is 9.38 Å². The number of fused-ring (bicyclic) bond motifs is 1. The molecule has 0 radical (unpaired) electrons. The molecule has 0 aliphatic rings. The van der Waals surface area contributed by atoms with Gasteiger partial charge in [-0.05, 0) is 35.0 Å². The van der Waals surface area contributed by atoms with Crippen LogP contribution in [-0.4, -0.2) is 9.38 Å². The van der Waals surface area contributed by atoms with E-state index in [1.807, 2.05) is 23.5 Å². The minimum absolute atomic E-state index is 0.670. The van der Waals surface area contributed by atoms with Crippen LogP contribution in [0.1, 0.15) is 5.69 Å². The third kappa shape index (κ3) is 0.914. The smallest absolute Gasteiger partial charge is 0.138 e. The Bertz CT molecular complexity index is 433. The second-order valence-corrected chi connectivity index (χ2v) is 3.50. The maximum atomic E-state index is 5.73. The molecular weight excluding hydrogens is 218 g/mol. The van der Waals surface area contributed by atoms with E-state index in [0.29, 0.717) is 5.82 Å². The number of hydrogen-bond acceptors (Lipinski definition) is 2. The van der Waals surface area contributed by atoms with Crippen molar-refractivity contribution in [3.8, 4) is 0 Å². The number of aryl methyl sites for hydroxylation is 1. The van der Waals surface area contributed by atoms with E-state index >= 15 is 0 Å². The number of hydrogen-bond donors (Lipinski definition) is 1. The van der Waals surface area contributed by atoms with Crippen LogP contribution in [0.2, 0.25) is 0 Å². The Morgan fingerprint density at radius 3 is 3.00 bits per heavy atom. The maximum absolute atomic E-state index is 5.73. The Balaban J connectivity index is 2.96. The Morgan fingerprint density at radius 2 is 2.25 bits per heavy atom. The molecule has 0 aliphatic carbocycles. The molecule has 0 atom stereocenters. The third-order valence-electron chi connectivity index (χ3n) is 1.88. The molecule has 0 spiro atoms.